The molecule has 0 unspecified atom stereocenters. The molecule has 1 amide bonds. The molecule has 0 atom stereocenters. The van der Waals surface area contributed by atoms with Gasteiger partial charge in [0.15, 0.2) is 0 Å². The summed E-state index contributed by atoms with van der Waals surface area (Å²) >= 11 is 3.54. The molecule has 0 fully saturated rings. The number of hydrogen-bond donors (Lipinski definition) is 1. The van der Waals surface area contributed by atoms with Crippen LogP contribution in [0.3, 0.4) is 0 Å². The van der Waals surface area contributed by atoms with E-state index in [1.165, 1.54) is 10.8 Å². The predicted molar refractivity (Wildman–Crippen MR) is 115 cm³/mol. The number of carbonyl (C=O) groups is 1. The lowest BCUT2D eigenvalue weighted by Crippen LogP contribution is -2.17. The maximum Gasteiger partial charge on any atom is 0.251 e. The number of benzene rings is 1. The number of nitrogens with one attached hydrogen (secondary N) is 1. The van der Waals surface area contributed by atoms with Crippen molar-refractivity contribution in [1.29, 1.82) is 0 Å². The SMILES string of the molecule is C.C.CC1=NCCS1.CNC(=O)c1ccccc1.Cc1csc(C)n1. The first-order chi connectivity index (χ1) is 11.0. The minimum atomic E-state index is -0.0411. The second-order valence-electron chi connectivity index (χ2n) is 4.70. The lowest BCUT2D eigenvalue weighted by atomic mass is 10.2. The number of aliphatic imine (C=N–C) groups is 1. The van der Waals surface area contributed by atoms with Gasteiger partial charge in [0.25, 0.3) is 5.91 Å². The molecule has 1 aliphatic heterocycles. The van der Waals surface area contributed by atoms with Crippen molar-refractivity contribution in [2.24, 2.45) is 4.99 Å². The van der Waals surface area contributed by atoms with Gasteiger partial charge in [0, 0.05) is 36.0 Å². The van der Waals surface area contributed by atoms with Crippen LogP contribution in [0.25, 0.3) is 0 Å². The lowest BCUT2D eigenvalue weighted by Gasteiger charge is -1.96. The number of aromatic nitrogens is 1. The number of aryl methyl sites for hydroxylation is 2. The molecular weight excluding hydrogens is 350 g/mol. The normalized spacial score (nSPS) is 11.3. The molecule has 6 heteroatoms. The van der Waals surface area contributed by atoms with Gasteiger partial charge in [-0.1, -0.05) is 33.1 Å². The topological polar surface area (TPSA) is 54.4 Å². The Bertz CT molecular complexity index is 608. The molecule has 0 saturated heterocycles. The Morgan fingerprint density at radius 3 is 2.04 bits per heavy atom. The van der Waals surface area contributed by atoms with E-state index >= 15 is 0 Å². The average molecular weight is 382 g/mol. The molecule has 3 rings (SSSR count). The van der Waals surface area contributed by atoms with Crippen molar-refractivity contribution in [3.05, 3.63) is 52.0 Å². The van der Waals surface area contributed by atoms with Crippen LogP contribution in [0, 0.1) is 13.8 Å². The van der Waals surface area contributed by atoms with Crippen LogP contribution in [-0.4, -0.2) is 35.3 Å². The standard InChI is InChI=1S/C8H9NO.C5H7NS.C4H7NS.2CH4/c1-9-8(10)7-5-3-2-4-6-7;1-4-3-7-5(2)6-4;1-4-5-2-3-6-4;;/h2-6H,1H3,(H,9,10);3H,1-2H3;2-3H2,1H3;2*1H4. The van der Waals surface area contributed by atoms with E-state index in [1.807, 2.05) is 43.8 Å². The first-order valence-corrected chi connectivity index (χ1v) is 9.19. The maximum absolute atomic E-state index is 10.9. The van der Waals surface area contributed by atoms with E-state index in [-0.39, 0.29) is 20.8 Å². The Hall–Kier alpha value is -1.66. The second-order valence-corrected chi connectivity index (χ2v) is 7.05. The van der Waals surface area contributed by atoms with Crippen LogP contribution in [0.5, 0.6) is 0 Å². The van der Waals surface area contributed by atoms with E-state index < -0.39 is 0 Å². The zero-order chi connectivity index (χ0) is 17.1. The molecule has 2 heterocycles. The second kappa shape index (κ2) is 14.7. The molecule has 0 saturated carbocycles. The Balaban J connectivity index is 0. The number of nitrogens with zero attached hydrogens (tertiary/aromatic N) is 2. The van der Waals surface area contributed by atoms with E-state index in [0.29, 0.717) is 5.56 Å². The Labute approximate surface area is 161 Å². The van der Waals surface area contributed by atoms with Crippen molar-refractivity contribution in [2.45, 2.75) is 35.6 Å². The number of thioether (sulfide) groups is 1. The van der Waals surface area contributed by atoms with E-state index in [2.05, 4.69) is 27.6 Å². The summed E-state index contributed by atoms with van der Waals surface area (Å²) in [5, 5.41) is 6.99. The number of carbonyl (C=O) groups excluding carboxylic acids is 1. The first kappa shape index (κ1) is 25.6. The van der Waals surface area contributed by atoms with E-state index in [1.54, 1.807) is 30.5 Å². The smallest absolute Gasteiger partial charge is 0.251 e. The van der Waals surface area contributed by atoms with Crippen molar-refractivity contribution >= 4 is 34.0 Å². The van der Waals surface area contributed by atoms with Crippen molar-refractivity contribution in [3.63, 3.8) is 0 Å². The fraction of sp³-hybridized carbons (Fsp3) is 0.421. The summed E-state index contributed by atoms with van der Waals surface area (Å²) in [6.07, 6.45) is 0. The monoisotopic (exact) mass is 381 g/mol. The summed E-state index contributed by atoms with van der Waals surface area (Å²) in [6, 6.07) is 9.11. The molecule has 25 heavy (non-hydrogen) atoms. The van der Waals surface area contributed by atoms with Gasteiger partial charge < -0.3 is 5.32 Å². The van der Waals surface area contributed by atoms with E-state index in [4.69, 9.17) is 0 Å². The predicted octanol–water partition coefficient (Wildman–Crippen LogP) is 5.23. The first-order valence-electron chi connectivity index (χ1n) is 7.32. The molecule has 2 aromatic rings. The largest absolute Gasteiger partial charge is 0.355 e. The van der Waals surface area contributed by atoms with Gasteiger partial charge in [0.2, 0.25) is 0 Å². The van der Waals surface area contributed by atoms with Crippen LogP contribution in [0.15, 0.2) is 40.7 Å². The van der Waals surface area contributed by atoms with Gasteiger partial charge in [0.1, 0.15) is 0 Å². The van der Waals surface area contributed by atoms with Crippen LogP contribution in [-0.2, 0) is 0 Å². The third-order valence-corrected chi connectivity index (χ3v) is 4.56. The van der Waals surface area contributed by atoms with Crippen molar-refractivity contribution < 1.29 is 4.79 Å². The van der Waals surface area contributed by atoms with Crippen LogP contribution < -0.4 is 5.32 Å². The van der Waals surface area contributed by atoms with Crippen LogP contribution in [0.2, 0.25) is 0 Å². The van der Waals surface area contributed by atoms with Gasteiger partial charge in [-0.05, 0) is 32.9 Å². The van der Waals surface area contributed by atoms with Gasteiger partial charge in [-0.15, -0.1) is 23.1 Å². The highest BCUT2D eigenvalue weighted by Gasteiger charge is 1.98. The van der Waals surface area contributed by atoms with Crippen LogP contribution in [0.4, 0.5) is 0 Å². The van der Waals surface area contributed by atoms with Gasteiger partial charge in [-0.25, -0.2) is 4.98 Å². The number of rotatable bonds is 1. The Kier molecular flexibility index (Phi) is 15.0. The zero-order valence-electron chi connectivity index (χ0n) is 14.0. The van der Waals surface area contributed by atoms with Crippen molar-refractivity contribution in [1.82, 2.24) is 10.3 Å². The average Bonchev–Trinajstić information content (AvgIpc) is 3.19. The summed E-state index contributed by atoms with van der Waals surface area (Å²) in [5.41, 5.74) is 1.83. The van der Waals surface area contributed by atoms with Gasteiger partial charge >= 0.3 is 0 Å². The number of hydrogen-bond acceptors (Lipinski definition) is 5. The molecule has 1 aliphatic rings. The Morgan fingerprint density at radius 1 is 1.12 bits per heavy atom. The van der Waals surface area contributed by atoms with Crippen molar-refractivity contribution in [2.75, 3.05) is 19.3 Å². The number of thiazole rings is 1. The summed E-state index contributed by atoms with van der Waals surface area (Å²) in [4.78, 5) is 19.1. The zero-order valence-corrected chi connectivity index (χ0v) is 15.6. The molecule has 1 aromatic carbocycles. The summed E-state index contributed by atoms with van der Waals surface area (Å²) in [5.74, 6) is 1.16. The minimum absolute atomic E-state index is 0. The van der Waals surface area contributed by atoms with Gasteiger partial charge in [-0.2, -0.15) is 0 Å². The maximum atomic E-state index is 10.9. The van der Waals surface area contributed by atoms with Crippen LogP contribution >= 0.6 is 23.1 Å². The third kappa shape index (κ3) is 11.5. The number of amides is 1. The fourth-order valence-electron chi connectivity index (χ4n) is 1.65. The van der Waals surface area contributed by atoms with Gasteiger partial charge in [-0.3, -0.25) is 9.79 Å². The van der Waals surface area contributed by atoms with Gasteiger partial charge in [0.05, 0.1) is 10.1 Å². The molecule has 0 radical (unpaired) electrons. The lowest BCUT2D eigenvalue weighted by molar-refractivity contribution is 0.0963. The van der Waals surface area contributed by atoms with Crippen LogP contribution in [0.1, 0.15) is 42.8 Å². The Morgan fingerprint density at radius 2 is 1.76 bits per heavy atom. The molecule has 0 spiro atoms. The summed E-state index contributed by atoms with van der Waals surface area (Å²) in [7, 11) is 1.62. The van der Waals surface area contributed by atoms with Crippen molar-refractivity contribution in [3.8, 4) is 0 Å². The quantitative estimate of drug-likeness (QED) is 0.736. The molecular formula is C19H31N3OS2. The fourth-order valence-corrected chi connectivity index (χ4v) is 2.90. The third-order valence-electron chi connectivity index (χ3n) is 2.73. The summed E-state index contributed by atoms with van der Waals surface area (Å²) < 4.78 is 0. The summed E-state index contributed by atoms with van der Waals surface area (Å²) in [6.45, 7) is 7.11. The molecule has 0 aliphatic carbocycles. The highest BCUT2D eigenvalue weighted by atomic mass is 32.2. The minimum Gasteiger partial charge on any atom is -0.355 e. The molecule has 1 N–H and O–H groups in total. The molecule has 1 aromatic heterocycles. The molecule has 0 bridgehead atoms. The molecule has 140 valence electrons. The van der Waals surface area contributed by atoms with E-state index in [0.717, 1.165) is 17.2 Å². The highest BCUT2D eigenvalue weighted by molar-refractivity contribution is 8.14. The molecule has 4 nitrogen and oxygen atoms in total. The highest BCUT2D eigenvalue weighted by Crippen LogP contribution is 2.09. The van der Waals surface area contributed by atoms with E-state index in [9.17, 15) is 4.79 Å².